The topological polar surface area (TPSA) is 71.4 Å². The summed E-state index contributed by atoms with van der Waals surface area (Å²) in [4.78, 5) is 11.3. The first kappa shape index (κ1) is 13.9. The Morgan fingerprint density at radius 1 is 1.32 bits per heavy atom. The van der Waals surface area contributed by atoms with Gasteiger partial charge in [-0.3, -0.25) is 4.79 Å². The Morgan fingerprint density at radius 3 is 2.32 bits per heavy atom. The van der Waals surface area contributed by atoms with Crippen molar-refractivity contribution in [2.24, 2.45) is 5.41 Å². The molecule has 2 rings (SSSR count). The smallest absolute Gasteiger partial charge is 0.311 e. The molecule has 0 amide bonds. The van der Waals surface area contributed by atoms with Gasteiger partial charge < -0.3 is 5.11 Å². The van der Waals surface area contributed by atoms with E-state index in [2.05, 4.69) is 0 Å². The Bertz CT molecular complexity index is 606. The van der Waals surface area contributed by atoms with Gasteiger partial charge in [0.05, 0.1) is 16.9 Å². The molecule has 1 N–H and O–H groups in total. The number of hydrogen-bond donors (Lipinski definition) is 1. The number of sulfone groups is 1. The lowest BCUT2D eigenvalue weighted by molar-refractivity contribution is -0.147. The van der Waals surface area contributed by atoms with E-state index in [1.807, 2.05) is 0 Å². The Hall–Kier alpha value is -1.50. The molecule has 1 unspecified atom stereocenters. The number of halogens is 2. The zero-order valence-electron chi connectivity index (χ0n) is 9.90. The first-order chi connectivity index (χ1) is 8.76. The molecule has 104 valence electrons. The molecular formula is C12H12F2O4S. The number of aliphatic carboxylic acids is 1. The van der Waals surface area contributed by atoms with E-state index in [0.29, 0.717) is 0 Å². The molecule has 4 nitrogen and oxygen atoms in total. The third kappa shape index (κ3) is 2.60. The number of rotatable bonds is 3. The van der Waals surface area contributed by atoms with Crippen LogP contribution in [0.4, 0.5) is 8.78 Å². The monoisotopic (exact) mass is 290 g/mol. The van der Waals surface area contributed by atoms with Gasteiger partial charge in [0.2, 0.25) is 0 Å². The maximum Gasteiger partial charge on any atom is 0.311 e. The summed E-state index contributed by atoms with van der Waals surface area (Å²) < 4.78 is 50.0. The first-order valence-corrected chi connectivity index (χ1v) is 7.45. The van der Waals surface area contributed by atoms with Crippen LogP contribution in [0.1, 0.15) is 12.0 Å². The summed E-state index contributed by atoms with van der Waals surface area (Å²) in [7, 11) is -3.47. The predicted octanol–water partition coefficient (Wildman–Crippen LogP) is 1.40. The zero-order valence-corrected chi connectivity index (χ0v) is 10.7. The van der Waals surface area contributed by atoms with Crippen LogP contribution in [-0.4, -0.2) is 31.0 Å². The Kier molecular flexibility index (Phi) is 3.34. The molecule has 1 heterocycles. The summed E-state index contributed by atoms with van der Waals surface area (Å²) in [5.74, 6) is -3.90. The van der Waals surface area contributed by atoms with Crippen molar-refractivity contribution < 1.29 is 27.1 Å². The van der Waals surface area contributed by atoms with Crippen molar-refractivity contribution in [3.8, 4) is 0 Å². The minimum atomic E-state index is -3.47. The Morgan fingerprint density at radius 2 is 1.89 bits per heavy atom. The minimum Gasteiger partial charge on any atom is -0.481 e. The lowest BCUT2D eigenvalue weighted by atomic mass is 9.81. The molecule has 1 aromatic rings. The summed E-state index contributed by atoms with van der Waals surface area (Å²) in [5.41, 5.74) is -2.01. The highest BCUT2D eigenvalue weighted by Crippen LogP contribution is 2.37. The maximum atomic E-state index is 13.5. The molecule has 1 aliphatic heterocycles. The van der Waals surface area contributed by atoms with Gasteiger partial charge in [-0.25, -0.2) is 17.2 Å². The molecule has 1 fully saturated rings. The number of carboxylic acid groups (broad SMARTS) is 1. The molecule has 1 atom stereocenters. The second-order valence-electron chi connectivity index (χ2n) is 4.80. The van der Waals surface area contributed by atoms with Gasteiger partial charge in [-0.2, -0.15) is 0 Å². The third-order valence-corrected chi connectivity index (χ3v) is 5.24. The van der Waals surface area contributed by atoms with Gasteiger partial charge in [0.1, 0.15) is 11.6 Å². The van der Waals surface area contributed by atoms with Crippen LogP contribution in [0.5, 0.6) is 0 Å². The van der Waals surface area contributed by atoms with Crippen molar-refractivity contribution >= 4 is 15.8 Å². The summed E-state index contributed by atoms with van der Waals surface area (Å²) in [6.45, 7) is 0. The van der Waals surface area contributed by atoms with Crippen molar-refractivity contribution in [2.45, 2.75) is 12.8 Å². The predicted molar refractivity (Wildman–Crippen MR) is 63.4 cm³/mol. The van der Waals surface area contributed by atoms with E-state index in [0.717, 1.165) is 12.1 Å². The van der Waals surface area contributed by atoms with Crippen molar-refractivity contribution in [3.63, 3.8) is 0 Å². The molecule has 19 heavy (non-hydrogen) atoms. The fourth-order valence-electron chi connectivity index (χ4n) is 2.34. The average Bonchev–Trinajstić information content (AvgIpc) is 2.61. The second-order valence-corrected chi connectivity index (χ2v) is 6.99. The zero-order chi connectivity index (χ0) is 14.3. The van der Waals surface area contributed by atoms with Gasteiger partial charge >= 0.3 is 5.97 Å². The van der Waals surface area contributed by atoms with E-state index < -0.39 is 45.0 Å². The molecular weight excluding hydrogens is 278 g/mol. The largest absolute Gasteiger partial charge is 0.481 e. The third-order valence-electron chi connectivity index (χ3n) is 3.42. The van der Waals surface area contributed by atoms with Crippen LogP contribution in [0.25, 0.3) is 0 Å². The SMILES string of the molecule is O=C(O)C1(Cc2c(F)cccc2F)CCS(=O)(=O)C1. The summed E-state index contributed by atoms with van der Waals surface area (Å²) in [5, 5.41) is 9.23. The van der Waals surface area contributed by atoms with Gasteiger partial charge in [-0.05, 0) is 25.0 Å². The molecule has 0 aromatic heterocycles. The molecule has 0 spiro atoms. The minimum absolute atomic E-state index is 0.127. The van der Waals surface area contributed by atoms with Gasteiger partial charge in [0, 0.05) is 5.56 Å². The standard InChI is InChI=1S/C12H12F2O4S/c13-9-2-1-3-10(14)8(9)6-12(11(15)16)4-5-19(17,18)7-12/h1-3H,4-7H2,(H,15,16). The molecule has 1 aromatic carbocycles. The van der Waals surface area contributed by atoms with Crippen molar-refractivity contribution in [1.29, 1.82) is 0 Å². The van der Waals surface area contributed by atoms with E-state index in [9.17, 15) is 27.1 Å². The molecule has 1 saturated heterocycles. The normalized spacial score (nSPS) is 25.4. The first-order valence-electron chi connectivity index (χ1n) is 5.62. The van der Waals surface area contributed by atoms with Gasteiger partial charge in [0.25, 0.3) is 0 Å². The second kappa shape index (κ2) is 4.56. The van der Waals surface area contributed by atoms with E-state index in [1.165, 1.54) is 6.07 Å². The maximum absolute atomic E-state index is 13.5. The fraction of sp³-hybridized carbons (Fsp3) is 0.417. The highest BCUT2D eigenvalue weighted by Gasteiger charge is 2.49. The van der Waals surface area contributed by atoms with Gasteiger partial charge in [-0.1, -0.05) is 6.07 Å². The highest BCUT2D eigenvalue weighted by atomic mass is 32.2. The van der Waals surface area contributed by atoms with E-state index >= 15 is 0 Å². The number of hydrogen-bond acceptors (Lipinski definition) is 3. The Labute approximate surface area is 109 Å². The van der Waals surface area contributed by atoms with Crippen molar-refractivity contribution in [2.75, 3.05) is 11.5 Å². The number of carbonyl (C=O) groups is 1. The molecule has 0 aliphatic carbocycles. The van der Waals surface area contributed by atoms with Gasteiger partial charge in [0.15, 0.2) is 9.84 Å². The van der Waals surface area contributed by atoms with Crippen molar-refractivity contribution in [3.05, 3.63) is 35.4 Å². The molecule has 0 bridgehead atoms. The number of carboxylic acids is 1. The van der Waals surface area contributed by atoms with Crippen molar-refractivity contribution in [1.82, 2.24) is 0 Å². The summed E-state index contributed by atoms with van der Waals surface area (Å²) >= 11 is 0. The van der Waals surface area contributed by atoms with Crippen LogP contribution in [0.3, 0.4) is 0 Å². The number of benzene rings is 1. The average molecular weight is 290 g/mol. The van der Waals surface area contributed by atoms with Crippen LogP contribution in [0, 0.1) is 17.0 Å². The summed E-state index contributed by atoms with van der Waals surface area (Å²) in [6, 6.07) is 3.22. The highest BCUT2D eigenvalue weighted by molar-refractivity contribution is 7.91. The molecule has 0 radical (unpaired) electrons. The van der Waals surface area contributed by atoms with E-state index in [4.69, 9.17) is 0 Å². The summed E-state index contributed by atoms with van der Waals surface area (Å²) in [6.07, 6.45) is -0.585. The van der Waals surface area contributed by atoms with Crippen LogP contribution < -0.4 is 0 Å². The Balaban J connectivity index is 2.41. The fourth-order valence-corrected chi connectivity index (χ4v) is 4.40. The molecule has 0 saturated carbocycles. The van der Waals surface area contributed by atoms with Crippen LogP contribution in [-0.2, 0) is 21.1 Å². The van der Waals surface area contributed by atoms with Gasteiger partial charge in [-0.15, -0.1) is 0 Å². The van der Waals surface area contributed by atoms with Crippen LogP contribution in [0.2, 0.25) is 0 Å². The van der Waals surface area contributed by atoms with Crippen LogP contribution in [0.15, 0.2) is 18.2 Å². The molecule has 1 aliphatic rings. The molecule has 7 heteroatoms. The lowest BCUT2D eigenvalue weighted by Gasteiger charge is -2.22. The van der Waals surface area contributed by atoms with E-state index in [-0.39, 0.29) is 17.7 Å². The van der Waals surface area contributed by atoms with Crippen LogP contribution >= 0.6 is 0 Å². The quantitative estimate of drug-likeness (QED) is 0.913. The van der Waals surface area contributed by atoms with E-state index in [1.54, 1.807) is 0 Å². The lowest BCUT2D eigenvalue weighted by Crippen LogP contribution is -2.35.